The SMILES string of the molecule is C#CCO[C@@H]1OC(CO)[C@@H](OC2=C(O)C(O)[C@@H](O)C(CO)O2)C(O)C1O. The minimum Gasteiger partial charge on any atom is -0.504 e. The van der Waals surface area contributed by atoms with E-state index in [-0.39, 0.29) is 6.61 Å². The minimum atomic E-state index is -1.80. The highest BCUT2D eigenvalue weighted by Gasteiger charge is 2.48. The second kappa shape index (κ2) is 8.85. The van der Waals surface area contributed by atoms with Gasteiger partial charge < -0.3 is 54.7 Å². The highest BCUT2D eigenvalue weighted by atomic mass is 16.7. The first-order chi connectivity index (χ1) is 12.3. The zero-order chi connectivity index (χ0) is 19.4. The van der Waals surface area contributed by atoms with Crippen molar-refractivity contribution in [3.63, 3.8) is 0 Å². The summed E-state index contributed by atoms with van der Waals surface area (Å²) in [5, 5.41) is 68.2. The predicted octanol–water partition coefficient (Wildman–Crippen LogP) is -3.70. The fourth-order valence-electron chi connectivity index (χ4n) is 2.58. The monoisotopic (exact) mass is 378 g/mol. The number of aliphatic hydroxyl groups is 7. The van der Waals surface area contributed by atoms with Crippen LogP contribution < -0.4 is 0 Å². The van der Waals surface area contributed by atoms with E-state index < -0.39 is 73.9 Å². The van der Waals surface area contributed by atoms with Crippen molar-refractivity contribution in [2.24, 2.45) is 0 Å². The van der Waals surface area contributed by atoms with Gasteiger partial charge in [0.1, 0.15) is 37.1 Å². The smallest absolute Gasteiger partial charge is 0.322 e. The average molecular weight is 378 g/mol. The maximum Gasteiger partial charge on any atom is 0.322 e. The fourth-order valence-corrected chi connectivity index (χ4v) is 2.58. The van der Waals surface area contributed by atoms with Gasteiger partial charge in [0.15, 0.2) is 18.5 Å². The van der Waals surface area contributed by atoms with Crippen LogP contribution in [0.2, 0.25) is 0 Å². The van der Waals surface area contributed by atoms with Gasteiger partial charge >= 0.3 is 5.95 Å². The Hall–Kier alpha value is -1.62. The molecule has 0 spiro atoms. The summed E-state index contributed by atoms with van der Waals surface area (Å²) >= 11 is 0. The van der Waals surface area contributed by atoms with Crippen LogP contribution in [0.5, 0.6) is 0 Å². The summed E-state index contributed by atoms with van der Waals surface area (Å²) in [5.41, 5.74) is 0. The molecule has 0 bridgehead atoms. The zero-order valence-electron chi connectivity index (χ0n) is 13.6. The van der Waals surface area contributed by atoms with E-state index in [4.69, 9.17) is 30.5 Å². The molecule has 2 aliphatic heterocycles. The molecule has 2 rings (SSSR count). The van der Waals surface area contributed by atoms with Crippen LogP contribution >= 0.6 is 0 Å². The lowest BCUT2D eigenvalue weighted by molar-refractivity contribution is -0.307. The van der Waals surface area contributed by atoms with Gasteiger partial charge in [0.25, 0.3) is 0 Å². The Kier molecular flexibility index (Phi) is 7.04. The van der Waals surface area contributed by atoms with Gasteiger partial charge in [-0.25, -0.2) is 0 Å². The van der Waals surface area contributed by atoms with E-state index in [1.165, 1.54) is 0 Å². The minimum absolute atomic E-state index is 0.213. The Morgan fingerprint density at radius 3 is 2.23 bits per heavy atom. The molecule has 11 heteroatoms. The molecule has 0 aromatic rings. The van der Waals surface area contributed by atoms with E-state index in [2.05, 4.69) is 5.92 Å². The van der Waals surface area contributed by atoms with E-state index in [0.29, 0.717) is 0 Å². The van der Waals surface area contributed by atoms with Crippen LogP contribution in [-0.4, -0.2) is 105 Å². The molecule has 2 aliphatic rings. The molecule has 2 heterocycles. The van der Waals surface area contributed by atoms with Crippen molar-refractivity contribution in [3.8, 4) is 12.3 Å². The lowest BCUT2D eigenvalue weighted by atomic mass is 9.99. The standard InChI is InChI=1S/C15H22O11/c1-2-3-23-14-12(22)10(20)13(7(5-17)25-14)26-15-11(21)9(19)8(18)6(4-16)24-15/h1,6-10,12-14,16-22H,3-5H2/t6?,7?,8-,9?,10?,12?,13+,14+/m0/s1. The topological polar surface area (TPSA) is 179 Å². The Balaban J connectivity index is 2.18. The van der Waals surface area contributed by atoms with Gasteiger partial charge in [0, 0.05) is 0 Å². The third-order valence-electron chi connectivity index (χ3n) is 4.03. The van der Waals surface area contributed by atoms with Crippen LogP contribution in [0.15, 0.2) is 11.7 Å². The maximum atomic E-state index is 10.2. The summed E-state index contributed by atoms with van der Waals surface area (Å²) in [6.45, 7) is -1.57. The predicted molar refractivity (Wildman–Crippen MR) is 81.0 cm³/mol. The van der Waals surface area contributed by atoms with Crippen LogP contribution in [-0.2, 0) is 18.9 Å². The molecule has 148 valence electrons. The lowest BCUT2D eigenvalue weighted by Gasteiger charge is -2.42. The highest BCUT2D eigenvalue weighted by Crippen LogP contribution is 2.30. The van der Waals surface area contributed by atoms with Crippen molar-refractivity contribution in [1.29, 1.82) is 0 Å². The van der Waals surface area contributed by atoms with Crippen molar-refractivity contribution in [2.75, 3.05) is 19.8 Å². The van der Waals surface area contributed by atoms with Gasteiger partial charge in [-0.3, -0.25) is 0 Å². The van der Waals surface area contributed by atoms with E-state index in [9.17, 15) is 30.6 Å². The second-order valence-corrected chi connectivity index (χ2v) is 5.75. The van der Waals surface area contributed by atoms with Crippen LogP contribution in [0.1, 0.15) is 0 Å². The zero-order valence-corrected chi connectivity index (χ0v) is 13.6. The van der Waals surface area contributed by atoms with Gasteiger partial charge in [-0.05, 0) is 0 Å². The third kappa shape index (κ3) is 4.03. The summed E-state index contributed by atoms with van der Waals surface area (Å²) in [6.07, 6.45) is -6.90. The Morgan fingerprint density at radius 2 is 1.65 bits per heavy atom. The highest BCUT2D eigenvalue weighted by molar-refractivity contribution is 5.10. The van der Waals surface area contributed by atoms with Gasteiger partial charge in [-0.1, -0.05) is 5.92 Å². The van der Waals surface area contributed by atoms with Crippen molar-refractivity contribution in [3.05, 3.63) is 11.7 Å². The molecule has 26 heavy (non-hydrogen) atoms. The Bertz CT molecular complexity index is 542. The second-order valence-electron chi connectivity index (χ2n) is 5.75. The summed E-state index contributed by atoms with van der Waals surface area (Å²) in [4.78, 5) is 0. The first-order valence-electron chi connectivity index (χ1n) is 7.76. The van der Waals surface area contributed by atoms with E-state index in [1.54, 1.807) is 0 Å². The molecule has 0 amide bonds. The number of rotatable bonds is 6. The van der Waals surface area contributed by atoms with Crippen molar-refractivity contribution < 1.29 is 54.7 Å². The number of terminal acetylenes is 1. The molecule has 0 aliphatic carbocycles. The number of hydrogen-bond donors (Lipinski definition) is 7. The molecule has 8 atom stereocenters. The Labute approximate surface area is 148 Å². The molecule has 1 fully saturated rings. The number of ether oxygens (including phenoxy) is 4. The van der Waals surface area contributed by atoms with Crippen LogP contribution in [0.3, 0.4) is 0 Å². The quantitative estimate of drug-likeness (QED) is 0.226. The normalized spacial score (nSPS) is 40.7. The Morgan fingerprint density at radius 1 is 1.00 bits per heavy atom. The molecule has 0 aromatic heterocycles. The average Bonchev–Trinajstić information content (AvgIpc) is 2.64. The number of hydrogen-bond acceptors (Lipinski definition) is 11. The molecular weight excluding hydrogens is 356 g/mol. The largest absolute Gasteiger partial charge is 0.504 e. The van der Waals surface area contributed by atoms with E-state index in [1.807, 2.05) is 0 Å². The maximum absolute atomic E-state index is 10.2. The van der Waals surface area contributed by atoms with Crippen LogP contribution in [0.25, 0.3) is 0 Å². The molecule has 0 radical (unpaired) electrons. The van der Waals surface area contributed by atoms with Gasteiger partial charge in [0.2, 0.25) is 5.76 Å². The summed E-state index contributed by atoms with van der Waals surface area (Å²) in [5.74, 6) is 0.587. The molecular formula is C15H22O11. The lowest BCUT2D eigenvalue weighted by Crippen LogP contribution is -2.60. The van der Waals surface area contributed by atoms with E-state index >= 15 is 0 Å². The van der Waals surface area contributed by atoms with Crippen molar-refractivity contribution >= 4 is 0 Å². The molecule has 7 N–H and O–H groups in total. The van der Waals surface area contributed by atoms with Crippen molar-refractivity contribution in [1.82, 2.24) is 0 Å². The molecule has 0 saturated carbocycles. The van der Waals surface area contributed by atoms with Crippen LogP contribution in [0, 0.1) is 12.3 Å². The third-order valence-corrected chi connectivity index (χ3v) is 4.03. The number of aliphatic hydroxyl groups excluding tert-OH is 7. The van der Waals surface area contributed by atoms with Gasteiger partial charge in [-0.2, -0.15) is 0 Å². The van der Waals surface area contributed by atoms with E-state index in [0.717, 1.165) is 0 Å². The first-order valence-corrected chi connectivity index (χ1v) is 7.76. The first kappa shape index (κ1) is 20.7. The summed E-state index contributed by atoms with van der Waals surface area (Å²) in [6, 6.07) is 0. The van der Waals surface area contributed by atoms with Gasteiger partial charge in [0.05, 0.1) is 13.2 Å². The van der Waals surface area contributed by atoms with Gasteiger partial charge in [-0.15, -0.1) is 6.42 Å². The summed E-state index contributed by atoms with van der Waals surface area (Å²) in [7, 11) is 0. The summed E-state index contributed by atoms with van der Waals surface area (Å²) < 4.78 is 20.7. The molecule has 1 saturated heterocycles. The molecule has 11 nitrogen and oxygen atoms in total. The van der Waals surface area contributed by atoms with Crippen molar-refractivity contribution in [2.45, 2.75) is 49.0 Å². The molecule has 5 unspecified atom stereocenters. The fraction of sp³-hybridized carbons (Fsp3) is 0.733. The van der Waals surface area contributed by atoms with Crippen LogP contribution in [0.4, 0.5) is 0 Å². The molecule has 0 aromatic carbocycles.